The number of hydrogen-bond acceptors (Lipinski definition) is 10. The number of alkyl halides is 6. The van der Waals surface area contributed by atoms with E-state index in [9.17, 15) is 40.7 Å². The number of nitrogens with zero attached hydrogens (tertiary/aromatic N) is 2. The minimum atomic E-state index is -5.54. The predicted molar refractivity (Wildman–Crippen MR) is 164 cm³/mol. The number of benzene rings is 2. The number of H-pyrrole nitrogens is 1. The van der Waals surface area contributed by atoms with Crippen LogP contribution >= 0.6 is 11.3 Å². The Bertz CT molecular complexity index is 2090. The van der Waals surface area contributed by atoms with Crippen molar-refractivity contribution in [3.05, 3.63) is 84.1 Å². The number of furan rings is 1. The van der Waals surface area contributed by atoms with Gasteiger partial charge in [-0.05, 0) is 48.4 Å². The first-order valence-corrected chi connectivity index (χ1v) is 14.9. The molecule has 1 atom stereocenters. The number of nitrogens with two attached hydrogens (primary N) is 1. The van der Waals surface area contributed by atoms with Gasteiger partial charge in [-0.15, -0.1) is 5.06 Å². The summed E-state index contributed by atoms with van der Waals surface area (Å²) in [4.78, 5) is 49.0. The van der Waals surface area contributed by atoms with Crippen LogP contribution < -0.4 is 20.9 Å². The number of halogens is 6. The van der Waals surface area contributed by atoms with Crippen molar-refractivity contribution in [2.24, 2.45) is 5.73 Å². The lowest BCUT2D eigenvalue weighted by atomic mass is 10.0. The second kappa shape index (κ2) is 12.8. The fraction of sp³-hybridized carbons (Fsp3) is 0.161. The maximum Gasteiger partial charge on any atom is 0.493 e. The summed E-state index contributed by atoms with van der Waals surface area (Å²) in [7, 11) is 0. The smallest absolute Gasteiger partial charge is 0.465 e. The van der Waals surface area contributed by atoms with Gasteiger partial charge in [-0.25, -0.2) is 14.6 Å². The SMILES string of the molecule is N[C@H](CNc1ncc(-c2ccc3c(c2OC(=O)C(F)(F)F)/C(=C\c2ccco2)C(=O)N3OC(=O)C(F)(F)F)s1)Cc1c[nH]c2ccccc12. The molecule has 0 fully saturated rings. The zero-order valence-electron chi connectivity index (χ0n) is 24.5. The second-order valence-corrected chi connectivity index (χ2v) is 11.5. The van der Waals surface area contributed by atoms with Gasteiger partial charge < -0.3 is 30.0 Å². The van der Waals surface area contributed by atoms with E-state index < -0.39 is 52.8 Å². The Morgan fingerprint density at radius 1 is 1.06 bits per heavy atom. The molecule has 2 aromatic carbocycles. The summed E-state index contributed by atoms with van der Waals surface area (Å²) >= 11 is 0.928. The number of amides is 1. The number of thiazole rings is 1. The van der Waals surface area contributed by atoms with Crippen LogP contribution in [0.25, 0.3) is 33.0 Å². The van der Waals surface area contributed by atoms with Crippen LogP contribution in [0.15, 0.2) is 71.6 Å². The fourth-order valence-corrected chi connectivity index (χ4v) is 5.85. The van der Waals surface area contributed by atoms with Crippen molar-refractivity contribution in [1.82, 2.24) is 9.97 Å². The highest BCUT2D eigenvalue weighted by Gasteiger charge is 2.48. The number of fused-ring (bicyclic) bond motifs is 2. The first kappa shape index (κ1) is 33.3. The van der Waals surface area contributed by atoms with Crippen LogP contribution in [-0.2, 0) is 25.6 Å². The van der Waals surface area contributed by atoms with Gasteiger partial charge in [-0.2, -0.15) is 26.3 Å². The Kier molecular flexibility index (Phi) is 8.68. The topological polar surface area (TPSA) is 153 Å². The number of aromatic nitrogens is 2. The van der Waals surface area contributed by atoms with Crippen LogP contribution in [0, 0.1) is 0 Å². The van der Waals surface area contributed by atoms with Crippen LogP contribution in [0.2, 0.25) is 0 Å². The molecular formula is C31H21F6N5O6S. The molecule has 1 aliphatic rings. The average molecular weight is 706 g/mol. The predicted octanol–water partition coefficient (Wildman–Crippen LogP) is 6.24. The van der Waals surface area contributed by atoms with Gasteiger partial charge in [-0.1, -0.05) is 29.5 Å². The monoisotopic (exact) mass is 705 g/mol. The van der Waals surface area contributed by atoms with Gasteiger partial charge in [0.15, 0.2) is 5.13 Å². The van der Waals surface area contributed by atoms with Crippen LogP contribution in [0.3, 0.4) is 0 Å². The van der Waals surface area contributed by atoms with Gasteiger partial charge in [0.2, 0.25) is 0 Å². The highest BCUT2D eigenvalue weighted by Crippen LogP contribution is 2.50. The Labute approximate surface area is 274 Å². The third-order valence-corrected chi connectivity index (χ3v) is 8.13. The van der Waals surface area contributed by atoms with E-state index in [-0.39, 0.29) is 39.0 Å². The van der Waals surface area contributed by atoms with E-state index in [4.69, 9.17) is 14.9 Å². The van der Waals surface area contributed by atoms with Crippen molar-refractivity contribution in [3.63, 3.8) is 0 Å². The molecule has 1 amide bonds. The molecule has 6 rings (SSSR count). The summed E-state index contributed by atoms with van der Waals surface area (Å²) < 4.78 is 89.6. The molecule has 0 radical (unpaired) electrons. The first-order valence-electron chi connectivity index (χ1n) is 14.1. The number of para-hydroxylation sites is 1. The largest absolute Gasteiger partial charge is 0.493 e. The lowest BCUT2D eigenvalue weighted by molar-refractivity contribution is -0.201. The standard InChI is InChI=1S/C31H21F6N5O6S/c32-30(33,34)27(44)47-25-19(23-14-41-29(49-23)40-13-16(38)10-15-12-39-21-6-2-1-5-18(15)21)7-8-22-24(25)20(11-17-4-3-9-46-17)26(43)42(22)48-28(45)31(35,36)37/h1-9,11-12,14,16,39H,10,13,38H2,(H,40,41)/b20-11+/t16-/m0/s1. The molecule has 4 heterocycles. The third-order valence-electron chi connectivity index (χ3n) is 7.14. The first-order chi connectivity index (χ1) is 23.2. The van der Waals surface area contributed by atoms with Gasteiger partial charge in [0, 0.05) is 41.4 Å². The van der Waals surface area contributed by atoms with Crippen LogP contribution in [0.1, 0.15) is 16.9 Å². The van der Waals surface area contributed by atoms with Crippen molar-refractivity contribution >= 4 is 62.6 Å². The Morgan fingerprint density at radius 3 is 2.53 bits per heavy atom. The molecule has 18 heteroatoms. The van der Waals surface area contributed by atoms with E-state index in [0.717, 1.165) is 46.0 Å². The van der Waals surface area contributed by atoms with Crippen LogP contribution in [0.4, 0.5) is 37.2 Å². The number of hydrogen-bond donors (Lipinski definition) is 3. The highest BCUT2D eigenvalue weighted by atomic mass is 32.1. The van der Waals surface area contributed by atoms with E-state index in [0.29, 0.717) is 6.42 Å². The zero-order valence-corrected chi connectivity index (χ0v) is 25.3. The van der Waals surface area contributed by atoms with E-state index in [1.54, 1.807) is 0 Å². The molecule has 5 aromatic rings. The summed E-state index contributed by atoms with van der Waals surface area (Å²) in [6.07, 6.45) is -5.29. The maximum absolute atomic E-state index is 13.5. The van der Waals surface area contributed by atoms with E-state index in [2.05, 4.69) is 20.1 Å². The quantitative estimate of drug-likeness (QED) is 0.0700. The Hall–Kier alpha value is -5.62. The summed E-state index contributed by atoms with van der Waals surface area (Å²) in [5.41, 5.74) is 6.30. The number of aromatic amines is 1. The molecular weight excluding hydrogens is 684 g/mol. The Balaban J connectivity index is 1.35. The molecule has 3 aromatic heterocycles. The molecule has 4 N–H and O–H groups in total. The maximum atomic E-state index is 13.5. The van der Waals surface area contributed by atoms with Crippen molar-refractivity contribution in [2.45, 2.75) is 24.8 Å². The molecule has 1 aliphatic heterocycles. The third kappa shape index (κ3) is 6.86. The number of carbonyl (C=O) groups is 3. The number of esters is 1. The van der Waals surface area contributed by atoms with Gasteiger partial charge in [0.05, 0.1) is 28.0 Å². The van der Waals surface area contributed by atoms with Crippen LogP contribution in [-0.4, -0.2) is 52.8 Å². The van der Waals surface area contributed by atoms with E-state index in [1.807, 2.05) is 30.5 Å². The highest BCUT2D eigenvalue weighted by molar-refractivity contribution is 7.18. The molecule has 0 aliphatic carbocycles. The van der Waals surface area contributed by atoms with Gasteiger partial charge in [0.1, 0.15) is 11.5 Å². The van der Waals surface area contributed by atoms with Gasteiger partial charge in [-0.3, -0.25) is 4.79 Å². The molecule has 0 bridgehead atoms. The molecule has 0 saturated heterocycles. The number of carbonyl (C=O) groups excluding carboxylic acids is 3. The lowest BCUT2D eigenvalue weighted by Crippen LogP contribution is -2.36. The minimum absolute atomic E-state index is 0.0509. The van der Waals surface area contributed by atoms with Crippen LogP contribution in [0.5, 0.6) is 5.75 Å². The van der Waals surface area contributed by atoms with Gasteiger partial charge in [0.25, 0.3) is 5.91 Å². The molecule has 0 spiro atoms. The van der Waals surface area contributed by atoms with Crippen molar-refractivity contribution in [3.8, 4) is 16.2 Å². The number of anilines is 2. The number of ether oxygens (including phenoxy) is 1. The van der Waals surface area contributed by atoms with Crippen molar-refractivity contribution in [2.75, 3.05) is 16.9 Å². The zero-order chi connectivity index (χ0) is 35.1. The fourth-order valence-electron chi connectivity index (χ4n) is 5.01. The number of rotatable bonds is 9. The van der Waals surface area contributed by atoms with Gasteiger partial charge >= 0.3 is 24.3 Å². The Morgan fingerprint density at radius 2 is 1.82 bits per heavy atom. The second-order valence-electron chi connectivity index (χ2n) is 10.5. The lowest BCUT2D eigenvalue weighted by Gasteiger charge is -2.18. The molecule has 49 heavy (non-hydrogen) atoms. The van der Waals surface area contributed by atoms with Crippen molar-refractivity contribution in [1.29, 1.82) is 0 Å². The van der Waals surface area contributed by atoms with E-state index >= 15 is 0 Å². The van der Waals surface area contributed by atoms with Crippen molar-refractivity contribution < 1.29 is 54.7 Å². The molecule has 0 saturated carbocycles. The summed E-state index contributed by atoms with van der Waals surface area (Å²) in [6.45, 7) is 0.233. The van der Waals surface area contributed by atoms with E-state index in [1.165, 1.54) is 24.6 Å². The summed E-state index contributed by atoms with van der Waals surface area (Å²) in [6, 6.07) is 12.1. The minimum Gasteiger partial charge on any atom is -0.465 e. The average Bonchev–Trinajstić information content (AvgIpc) is 3.85. The normalized spacial score (nSPS) is 14.7. The summed E-state index contributed by atoms with van der Waals surface area (Å²) in [5.74, 6) is -7.78. The summed E-state index contributed by atoms with van der Waals surface area (Å²) in [5, 5.41) is 4.29. The molecule has 254 valence electrons. The molecule has 11 nitrogen and oxygen atoms in total. The number of nitrogens with one attached hydrogen (secondary N) is 2. The number of hydroxylamine groups is 1. The molecule has 0 unspecified atom stereocenters.